The zero-order chi connectivity index (χ0) is 23.8. The summed E-state index contributed by atoms with van der Waals surface area (Å²) in [7, 11) is -2.43. The van der Waals surface area contributed by atoms with Crippen LogP contribution in [0.5, 0.6) is 5.75 Å². The van der Waals surface area contributed by atoms with Gasteiger partial charge in [-0.05, 0) is 54.6 Å². The molecule has 0 radical (unpaired) electrons. The van der Waals surface area contributed by atoms with Gasteiger partial charge in [0.05, 0.1) is 16.3 Å². The second-order valence-electron chi connectivity index (χ2n) is 6.47. The average Bonchev–Trinajstić information content (AvgIpc) is 2.82. The summed E-state index contributed by atoms with van der Waals surface area (Å²) in [6, 6.07) is 14.4. The number of rotatable bonds is 8. The maximum Gasteiger partial charge on any atom is 0.342 e. The van der Waals surface area contributed by atoms with E-state index in [0.717, 1.165) is 0 Å². The van der Waals surface area contributed by atoms with Crippen molar-refractivity contribution in [3.8, 4) is 5.75 Å². The molecule has 0 aliphatic carbocycles. The van der Waals surface area contributed by atoms with Gasteiger partial charge in [-0.3, -0.25) is 9.52 Å². The smallest absolute Gasteiger partial charge is 0.342 e. The van der Waals surface area contributed by atoms with Gasteiger partial charge in [0, 0.05) is 13.2 Å². The molecule has 1 aromatic heterocycles. The lowest BCUT2D eigenvalue weighted by molar-refractivity contribution is -0.123. The third-order valence-corrected chi connectivity index (χ3v) is 5.52. The Labute approximate surface area is 189 Å². The number of azo groups is 1. The van der Waals surface area contributed by atoms with Crippen molar-refractivity contribution < 1.29 is 27.9 Å². The Morgan fingerprint density at radius 1 is 1.03 bits per heavy atom. The van der Waals surface area contributed by atoms with Crippen molar-refractivity contribution in [2.24, 2.45) is 10.2 Å². The number of phenols is 1. The summed E-state index contributed by atoms with van der Waals surface area (Å²) in [5, 5.41) is 20.2. The van der Waals surface area contributed by atoms with E-state index in [1.807, 2.05) is 0 Å². The van der Waals surface area contributed by atoms with Gasteiger partial charge in [-0.1, -0.05) is 6.07 Å². The van der Waals surface area contributed by atoms with E-state index in [4.69, 9.17) is 4.74 Å². The van der Waals surface area contributed by atoms with Crippen molar-refractivity contribution in [1.29, 1.82) is 0 Å². The number of hydrogen-bond donors (Lipinski definition) is 3. The van der Waals surface area contributed by atoms with E-state index in [0.29, 0.717) is 5.69 Å². The number of benzene rings is 2. The summed E-state index contributed by atoms with van der Waals surface area (Å²) in [4.78, 5) is 27.2. The van der Waals surface area contributed by atoms with Crippen molar-refractivity contribution >= 4 is 39.1 Å². The summed E-state index contributed by atoms with van der Waals surface area (Å²) in [5.41, 5.74) is 0.397. The molecule has 0 aliphatic rings. The molecule has 170 valence electrons. The van der Waals surface area contributed by atoms with Crippen LogP contribution in [0.3, 0.4) is 0 Å². The highest BCUT2D eigenvalue weighted by molar-refractivity contribution is 7.92. The van der Waals surface area contributed by atoms with Crippen LogP contribution in [0.1, 0.15) is 10.4 Å². The topological polar surface area (TPSA) is 159 Å². The van der Waals surface area contributed by atoms with Gasteiger partial charge < -0.3 is 15.2 Å². The number of carbonyl (C=O) groups excluding carboxylic acids is 2. The molecule has 3 aromatic rings. The van der Waals surface area contributed by atoms with Gasteiger partial charge in [-0.2, -0.15) is 10.2 Å². The number of phenolic OH excluding ortho intramolecular Hbond substituents is 1. The normalized spacial score (nSPS) is 11.2. The number of pyridine rings is 1. The highest BCUT2D eigenvalue weighted by Gasteiger charge is 2.16. The monoisotopic (exact) mass is 469 g/mol. The molecule has 0 aliphatic heterocycles. The molecule has 2 aromatic carbocycles. The molecule has 0 saturated carbocycles. The van der Waals surface area contributed by atoms with Gasteiger partial charge in [0.1, 0.15) is 17.1 Å². The van der Waals surface area contributed by atoms with E-state index in [-0.39, 0.29) is 27.7 Å². The van der Waals surface area contributed by atoms with E-state index in [2.05, 4.69) is 25.3 Å². The SMILES string of the molecule is CNC(=O)COC(=O)c1cc(N=Nc2ccc(S(=O)(=O)Nc3ccccn3)cc2)ccc1O. The third kappa shape index (κ3) is 6.33. The number of carbonyl (C=O) groups is 2. The Hall–Kier alpha value is -4.32. The van der Waals surface area contributed by atoms with Crippen molar-refractivity contribution in [2.75, 3.05) is 18.4 Å². The van der Waals surface area contributed by atoms with Crippen LogP contribution < -0.4 is 10.0 Å². The van der Waals surface area contributed by atoms with Crippen LogP contribution in [0, 0.1) is 0 Å². The fourth-order valence-electron chi connectivity index (χ4n) is 2.46. The highest BCUT2D eigenvalue weighted by atomic mass is 32.2. The zero-order valence-electron chi connectivity index (χ0n) is 17.3. The lowest BCUT2D eigenvalue weighted by Crippen LogP contribution is -2.25. The van der Waals surface area contributed by atoms with Gasteiger partial charge >= 0.3 is 5.97 Å². The molecule has 0 unspecified atom stereocenters. The minimum absolute atomic E-state index is 0.0119. The molecule has 0 spiro atoms. The Bertz CT molecular complexity index is 1280. The maximum atomic E-state index is 12.4. The summed E-state index contributed by atoms with van der Waals surface area (Å²) in [6.07, 6.45) is 1.47. The van der Waals surface area contributed by atoms with E-state index < -0.39 is 28.5 Å². The first kappa shape index (κ1) is 23.3. The fraction of sp³-hybridized carbons (Fsp3) is 0.0952. The molecular weight excluding hydrogens is 450 g/mol. The first-order valence-electron chi connectivity index (χ1n) is 9.45. The number of aromatic hydroxyl groups is 1. The number of likely N-dealkylation sites (N-methyl/N-ethyl adjacent to an activating group) is 1. The number of hydrogen-bond acceptors (Lipinski definition) is 9. The summed E-state index contributed by atoms with van der Waals surface area (Å²) in [6.45, 7) is -0.495. The number of ether oxygens (including phenoxy) is 1. The minimum Gasteiger partial charge on any atom is -0.507 e. The minimum atomic E-state index is -3.82. The lowest BCUT2D eigenvalue weighted by Gasteiger charge is -2.07. The van der Waals surface area contributed by atoms with Crippen molar-refractivity contribution in [3.63, 3.8) is 0 Å². The maximum absolute atomic E-state index is 12.4. The van der Waals surface area contributed by atoms with Crippen LogP contribution in [-0.2, 0) is 19.6 Å². The van der Waals surface area contributed by atoms with Gasteiger partial charge in [-0.25, -0.2) is 18.2 Å². The van der Waals surface area contributed by atoms with Crippen molar-refractivity contribution in [2.45, 2.75) is 4.90 Å². The first-order chi connectivity index (χ1) is 15.8. The number of amides is 1. The van der Waals surface area contributed by atoms with Crippen LogP contribution in [0.15, 0.2) is 82.0 Å². The molecule has 12 heteroatoms. The highest BCUT2D eigenvalue weighted by Crippen LogP contribution is 2.26. The Kier molecular flexibility index (Phi) is 7.31. The van der Waals surface area contributed by atoms with Crippen LogP contribution in [0.2, 0.25) is 0 Å². The fourth-order valence-corrected chi connectivity index (χ4v) is 3.47. The summed E-state index contributed by atoms with van der Waals surface area (Å²) < 4.78 is 32.1. The number of nitrogens with zero attached hydrogens (tertiary/aromatic N) is 3. The largest absolute Gasteiger partial charge is 0.507 e. The molecule has 1 heterocycles. The Balaban J connectivity index is 1.71. The van der Waals surface area contributed by atoms with Crippen LogP contribution in [0.4, 0.5) is 17.2 Å². The molecule has 3 rings (SSSR count). The van der Waals surface area contributed by atoms with Crippen LogP contribution >= 0.6 is 0 Å². The van der Waals surface area contributed by atoms with Gasteiger partial charge in [0.15, 0.2) is 6.61 Å². The standard InChI is InChI=1S/C21H19N5O6S/c1-22-20(28)13-32-21(29)17-12-15(7-10-18(17)27)25-24-14-5-8-16(9-6-14)33(30,31)26-19-4-2-3-11-23-19/h2-12,27H,13H2,1H3,(H,22,28)(H,23,26). The zero-order valence-corrected chi connectivity index (χ0v) is 18.1. The number of esters is 1. The number of anilines is 1. The lowest BCUT2D eigenvalue weighted by atomic mass is 10.2. The molecule has 1 amide bonds. The van der Waals surface area contributed by atoms with E-state index >= 15 is 0 Å². The second kappa shape index (κ2) is 10.3. The number of nitrogens with one attached hydrogen (secondary N) is 2. The molecule has 33 heavy (non-hydrogen) atoms. The van der Waals surface area contributed by atoms with E-state index in [9.17, 15) is 23.1 Å². The Morgan fingerprint density at radius 3 is 2.39 bits per heavy atom. The molecular formula is C21H19N5O6S. The molecule has 0 atom stereocenters. The predicted molar refractivity (Wildman–Crippen MR) is 118 cm³/mol. The van der Waals surface area contributed by atoms with Gasteiger partial charge in [-0.15, -0.1) is 0 Å². The summed E-state index contributed by atoms with van der Waals surface area (Å²) in [5.74, 6) is -1.55. The Morgan fingerprint density at radius 2 is 1.73 bits per heavy atom. The van der Waals surface area contributed by atoms with Crippen LogP contribution in [-0.4, -0.2) is 44.0 Å². The third-order valence-electron chi connectivity index (χ3n) is 4.15. The molecule has 3 N–H and O–H groups in total. The quantitative estimate of drug-likeness (QED) is 0.338. The number of sulfonamides is 1. The molecule has 0 fully saturated rings. The van der Waals surface area contributed by atoms with Crippen molar-refractivity contribution in [1.82, 2.24) is 10.3 Å². The number of aromatic nitrogens is 1. The first-order valence-corrected chi connectivity index (χ1v) is 10.9. The molecule has 0 bridgehead atoms. The van der Waals surface area contributed by atoms with Gasteiger partial charge in [0.2, 0.25) is 0 Å². The molecule has 11 nitrogen and oxygen atoms in total. The van der Waals surface area contributed by atoms with Gasteiger partial charge in [0.25, 0.3) is 15.9 Å². The van der Waals surface area contributed by atoms with Crippen molar-refractivity contribution in [3.05, 3.63) is 72.4 Å². The summed E-state index contributed by atoms with van der Waals surface area (Å²) >= 11 is 0. The van der Waals surface area contributed by atoms with E-state index in [1.165, 1.54) is 61.8 Å². The predicted octanol–water partition coefficient (Wildman–Crippen LogP) is 2.91. The average molecular weight is 469 g/mol. The molecule has 0 saturated heterocycles. The second-order valence-corrected chi connectivity index (χ2v) is 8.15. The van der Waals surface area contributed by atoms with Crippen LogP contribution in [0.25, 0.3) is 0 Å². The van der Waals surface area contributed by atoms with E-state index in [1.54, 1.807) is 12.1 Å².